The van der Waals surface area contributed by atoms with Crippen LogP contribution in [0.5, 0.6) is 0 Å². The van der Waals surface area contributed by atoms with E-state index in [-0.39, 0.29) is 30.4 Å². The minimum absolute atomic E-state index is 0.0320. The Kier molecular flexibility index (Phi) is 6.35. The molecule has 2 aliphatic heterocycles. The van der Waals surface area contributed by atoms with E-state index in [4.69, 9.17) is 0 Å². The second kappa shape index (κ2) is 8.74. The van der Waals surface area contributed by atoms with Crippen LogP contribution < -0.4 is 5.32 Å². The number of nitrogens with zero attached hydrogens (tertiary/aromatic N) is 1. The molecule has 1 N–H and O–H groups in total. The summed E-state index contributed by atoms with van der Waals surface area (Å²) in [7, 11) is -3.08. The Hall–Kier alpha value is -2.39. The largest absolute Gasteiger partial charge is 0.352 e. The Morgan fingerprint density at radius 2 is 2.00 bits per heavy atom. The van der Waals surface area contributed by atoms with Crippen LogP contribution in [0.1, 0.15) is 18.4 Å². The predicted molar refractivity (Wildman–Crippen MR) is 108 cm³/mol. The van der Waals surface area contributed by atoms with Crippen LogP contribution in [0.4, 0.5) is 4.79 Å². The van der Waals surface area contributed by atoms with Gasteiger partial charge in [0, 0.05) is 19.0 Å². The van der Waals surface area contributed by atoms with Gasteiger partial charge in [0.1, 0.15) is 0 Å². The Labute approximate surface area is 167 Å². The van der Waals surface area contributed by atoms with Gasteiger partial charge in [0.2, 0.25) is 5.91 Å². The van der Waals surface area contributed by atoms with Crippen molar-refractivity contribution in [3.8, 4) is 0 Å². The topological polar surface area (TPSA) is 101 Å². The summed E-state index contributed by atoms with van der Waals surface area (Å²) >= 11 is 0.838. The van der Waals surface area contributed by atoms with Crippen LogP contribution in [-0.2, 0) is 19.4 Å². The fraction of sp³-hybridized carbons (Fsp3) is 0.316. The Balaban J connectivity index is 1.51. The molecule has 2 aliphatic rings. The van der Waals surface area contributed by atoms with Gasteiger partial charge >= 0.3 is 0 Å². The first-order valence-electron chi connectivity index (χ1n) is 8.81. The normalized spacial score (nSPS) is 23.1. The highest BCUT2D eigenvalue weighted by molar-refractivity contribution is 8.18. The molecular formula is C19H20N2O5S2. The Morgan fingerprint density at radius 3 is 2.68 bits per heavy atom. The van der Waals surface area contributed by atoms with Crippen LogP contribution >= 0.6 is 11.8 Å². The van der Waals surface area contributed by atoms with Crippen LogP contribution in [0, 0.1) is 0 Å². The number of rotatable bonds is 6. The van der Waals surface area contributed by atoms with Gasteiger partial charge in [0.05, 0.1) is 16.4 Å². The highest BCUT2D eigenvalue weighted by Crippen LogP contribution is 2.30. The third kappa shape index (κ3) is 5.32. The molecule has 1 atom stereocenters. The molecule has 3 rings (SSSR count). The fourth-order valence-corrected chi connectivity index (χ4v) is 5.43. The smallest absolute Gasteiger partial charge is 0.293 e. The second-order valence-corrected chi connectivity index (χ2v) is 9.76. The van der Waals surface area contributed by atoms with Crippen molar-refractivity contribution in [3.63, 3.8) is 0 Å². The second-order valence-electron chi connectivity index (χ2n) is 6.54. The molecule has 9 heteroatoms. The number of benzene rings is 1. The van der Waals surface area contributed by atoms with Crippen LogP contribution in [0.15, 0.2) is 47.4 Å². The monoisotopic (exact) mass is 420 g/mol. The molecule has 0 aliphatic carbocycles. The summed E-state index contributed by atoms with van der Waals surface area (Å²) in [6, 6.07) is 9.16. The average Bonchev–Trinajstić information content (AvgIpc) is 3.12. The van der Waals surface area contributed by atoms with E-state index >= 15 is 0 Å². The van der Waals surface area contributed by atoms with Crippen LogP contribution in [0.2, 0.25) is 0 Å². The number of carbonyl (C=O) groups excluding carboxylic acids is 3. The lowest BCUT2D eigenvalue weighted by Gasteiger charge is -2.14. The zero-order valence-electron chi connectivity index (χ0n) is 15.0. The highest BCUT2D eigenvalue weighted by Gasteiger charge is 2.35. The number of thioether (sulfide) groups is 1. The SMILES string of the molecule is O=C(CCN1C(=O)S/C(=C\C=C\c2ccccc2)C1=O)N[C@H]1CCS(=O)(=O)C1. The quantitative estimate of drug-likeness (QED) is 0.706. The molecule has 2 saturated heterocycles. The minimum atomic E-state index is -3.08. The number of nitrogens with one attached hydrogen (secondary N) is 1. The molecule has 2 heterocycles. The average molecular weight is 421 g/mol. The number of amides is 3. The summed E-state index contributed by atoms with van der Waals surface area (Å²) < 4.78 is 22.9. The molecule has 2 fully saturated rings. The summed E-state index contributed by atoms with van der Waals surface area (Å²) in [6.07, 6.45) is 5.46. The van der Waals surface area contributed by atoms with Crippen molar-refractivity contribution in [3.05, 3.63) is 53.0 Å². The molecule has 0 radical (unpaired) electrons. The summed E-state index contributed by atoms with van der Waals surface area (Å²) in [5.41, 5.74) is 0.976. The molecule has 0 spiro atoms. The van der Waals surface area contributed by atoms with E-state index in [2.05, 4.69) is 5.32 Å². The summed E-state index contributed by atoms with van der Waals surface area (Å²) in [5.74, 6) is -0.780. The molecule has 1 aromatic rings. The number of allylic oxidation sites excluding steroid dienone is 2. The van der Waals surface area contributed by atoms with Crippen LogP contribution in [0.25, 0.3) is 6.08 Å². The standard InChI is InChI=1S/C19H20N2O5S2/c22-17(20-15-10-12-28(25,26)13-15)9-11-21-18(23)16(27-19(21)24)8-4-7-14-5-2-1-3-6-14/h1-8,15H,9-13H2,(H,20,22)/b7-4+,16-8-/t15-/m0/s1. The van der Waals surface area contributed by atoms with Gasteiger partial charge in [-0.25, -0.2) is 8.42 Å². The van der Waals surface area contributed by atoms with Crippen molar-refractivity contribution < 1.29 is 22.8 Å². The number of hydrogen-bond donors (Lipinski definition) is 1. The van der Waals surface area contributed by atoms with Crippen molar-refractivity contribution in [2.75, 3.05) is 18.1 Å². The molecule has 0 unspecified atom stereocenters. The van der Waals surface area contributed by atoms with E-state index < -0.39 is 27.0 Å². The van der Waals surface area contributed by atoms with Gasteiger partial charge < -0.3 is 5.32 Å². The number of hydrogen-bond acceptors (Lipinski definition) is 6. The molecule has 0 aromatic heterocycles. The van der Waals surface area contributed by atoms with Crippen LogP contribution in [-0.4, -0.2) is 54.5 Å². The molecule has 7 nitrogen and oxygen atoms in total. The molecule has 148 valence electrons. The van der Waals surface area contributed by atoms with Gasteiger partial charge in [0.25, 0.3) is 11.1 Å². The van der Waals surface area contributed by atoms with Crippen molar-refractivity contribution in [2.24, 2.45) is 0 Å². The molecular weight excluding hydrogens is 400 g/mol. The van der Waals surface area contributed by atoms with Crippen molar-refractivity contribution in [2.45, 2.75) is 18.9 Å². The molecule has 1 aromatic carbocycles. The minimum Gasteiger partial charge on any atom is -0.352 e. The van der Waals surface area contributed by atoms with Crippen molar-refractivity contribution in [1.82, 2.24) is 10.2 Å². The third-order valence-electron chi connectivity index (χ3n) is 4.37. The van der Waals surface area contributed by atoms with Gasteiger partial charge in [-0.2, -0.15) is 0 Å². The van der Waals surface area contributed by atoms with E-state index in [1.165, 1.54) is 0 Å². The number of imide groups is 1. The zero-order valence-corrected chi connectivity index (χ0v) is 16.7. The first-order valence-corrected chi connectivity index (χ1v) is 11.4. The lowest BCUT2D eigenvalue weighted by Crippen LogP contribution is -2.38. The fourth-order valence-electron chi connectivity index (χ4n) is 2.94. The molecule has 28 heavy (non-hydrogen) atoms. The van der Waals surface area contributed by atoms with Gasteiger partial charge in [-0.1, -0.05) is 42.5 Å². The van der Waals surface area contributed by atoms with E-state index in [9.17, 15) is 22.8 Å². The first kappa shape index (κ1) is 20.3. The van der Waals surface area contributed by atoms with Crippen molar-refractivity contribution in [1.29, 1.82) is 0 Å². The third-order valence-corrected chi connectivity index (χ3v) is 7.06. The van der Waals surface area contributed by atoms with Gasteiger partial charge in [-0.05, 0) is 29.8 Å². The molecule has 3 amide bonds. The Bertz CT molecular complexity index is 938. The lowest BCUT2D eigenvalue weighted by atomic mass is 10.2. The van der Waals surface area contributed by atoms with E-state index in [1.807, 2.05) is 36.4 Å². The zero-order chi connectivity index (χ0) is 20.1. The summed E-state index contributed by atoms with van der Waals surface area (Å²) in [6.45, 7) is -0.0320. The van der Waals surface area contributed by atoms with Gasteiger partial charge in [-0.3, -0.25) is 19.3 Å². The predicted octanol–water partition coefficient (Wildman–Crippen LogP) is 1.97. The molecule has 0 saturated carbocycles. The van der Waals surface area contributed by atoms with E-state index in [1.54, 1.807) is 12.2 Å². The number of carbonyl (C=O) groups is 3. The maximum atomic E-state index is 12.4. The number of sulfone groups is 1. The van der Waals surface area contributed by atoms with E-state index in [0.717, 1.165) is 22.2 Å². The van der Waals surface area contributed by atoms with Crippen molar-refractivity contribution >= 4 is 44.7 Å². The first-order chi connectivity index (χ1) is 13.3. The highest BCUT2D eigenvalue weighted by atomic mass is 32.2. The maximum absolute atomic E-state index is 12.4. The summed E-state index contributed by atoms with van der Waals surface area (Å²) in [5, 5.41) is 2.24. The Morgan fingerprint density at radius 1 is 1.25 bits per heavy atom. The van der Waals surface area contributed by atoms with E-state index in [0.29, 0.717) is 11.3 Å². The lowest BCUT2D eigenvalue weighted by molar-refractivity contribution is -0.124. The maximum Gasteiger partial charge on any atom is 0.293 e. The summed E-state index contributed by atoms with van der Waals surface area (Å²) in [4.78, 5) is 37.8. The molecule has 0 bridgehead atoms. The van der Waals surface area contributed by atoms with Gasteiger partial charge in [-0.15, -0.1) is 0 Å². The van der Waals surface area contributed by atoms with Crippen LogP contribution in [0.3, 0.4) is 0 Å². The van der Waals surface area contributed by atoms with Gasteiger partial charge in [0.15, 0.2) is 9.84 Å².